The summed E-state index contributed by atoms with van der Waals surface area (Å²) in [5, 5.41) is 0. The van der Waals surface area contributed by atoms with Gasteiger partial charge in [-0.15, -0.1) is 0 Å². The molecule has 0 unspecified atom stereocenters. The van der Waals surface area contributed by atoms with E-state index in [-0.39, 0.29) is 18.3 Å². The molecule has 1 aromatic carbocycles. The summed E-state index contributed by atoms with van der Waals surface area (Å²) in [5.41, 5.74) is 0.846. The first kappa shape index (κ1) is 11.3. The summed E-state index contributed by atoms with van der Waals surface area (Å²) in [6.45, 7) is 3.22. The monoisotopic (exact) mass is 230 g/mol. The predicted octanol–water partition coefficient (Wildman–Crippen LogP) is 3.29. The number of benzene rings is 1. The number of ether oxygens (including phenoxy) is 1. The van der Waals surface area contributed by atoms with Crippen molar-refractivity contribution >= 4 is 0 Å². The van der Waals surface area contributed by atoms with Gasteiger partial charge in [-0.25, -0.2) is 14.4 Å². The number of allylic oxidation sites excluding steroid dienone is 1. The van der Waals surface area contributed by atoms with E-state index >= 15 is 0 Å². The number of hydrogen-bond donors (Lipinski definition) is 0. The molecule has 1 heterocycles. The number of aromatic nitrogens is 2. The maximum Gasteiger partial charge on any atom is 0.321 e. The standard InChI is InChI=1S/C13H11FN2O/c1-10(14)9-11-3-5-12(6-4-11)17-13-15-7-2-8-16-13/h2-8H,1,9H2. The van der Waals surface area contributed by atoms with E-state index in [9.17, 15) is 4.39 Å². The molecule has 0 aliphatic heterocycles. The van der Waals surface area contributed by atoms with Crippen LogP contribution in [-0.4, -0.2) is 9.97 Å². The molecule has 0 spiro atoms. The minimum atomic E-state index is -0.356. The first-order chi connectivity index (χ1) is 8.24. The second kappa shape index (κ2) is 5.21. The van der Waals surface area contributed by atoms with Crippen molar-refractivity contribution < 1.29 is 9.13 Å². The van der Waals surface area contributed by atoms with Crippen molar-refractivity contribution in [3.05, 3.63) is 60.7 Å². The van der Waals surface area contributed by atoms with E-state index in [0.29, 0.717) is 5.75 Å². The van der Waals surface area contributed by atoms with Crippen LogP contribution in [-0.2, 0) is 6.42 Å². The zero-order valence-electron chi connectivity index (χ0n) is 9.14. The molecule has 3 nitrogen and oxygen atoms in total. The quantitative estimate of drug-likeness (QED) is 0.808. The Bertz CT molecular complexity index is 497. The molecule has 0 amide bonds. The fourth-order valence-electron chi connectivity index (χ4n) is 1.34. The molecule has 0 atom stereocenters. The van der Waals surface area contributed by atoms with Crippen LogP contribution in [0, 0.1) is 0 Å². The van der Waals surface area contributed by atoms with E-state index in [2.05, 4.69) is 16.5 Å². The first-order valence-corrected chi connectivity index (χ1v) is 5.11. The van der Waals surface area contributed by atoms with E-state index in [1.54, 1.807) is 42.7 Å². The fourth-order valence-corrected chi connectivity index (χ4v) is 1.34. The molecule has 2 aromatic rings. The number of nitrogens with zero attached hydrogens (tertiary/aromatic N) is 2. The van der Waals surface area contributed by atoms with Gasteiger partial charge in [-0.3, -0.25) is 0 Å². The molecule has 1 aromatic heterocycles. The number of rotatable bonds is 4. The van der Waals surface area contributed by atoms with Gasteiger partial charge in [-0.05, 0) is 23.8 Å². The lowest BCUT2D eigenvalue weighted by atomic mass is 10.1. The molecule has 2 rings (SSSR count). The van der Waals surface area contributed by atoms with Crippen LogP contribution < -0.4 is 4.74 Å². The Labute approximate surface area is 98.6 Å². The molecule has 0 bridgehead atoms. The Morgan fingerprint density at radius 3 is 2.41 bits per heavy atom. The summed E-state index contributed by atoms with van der Waals surface area (Å²) in [6.07, 6.45) is 3.43. The van der Waals surface area contributed by atoms with E-state index < -0.39 is 0 Å². The summed E-state index contributed by atoms with van der Waals surface area (Å²) in [7, 11) is 0. The van der Waals surface area contributed by atoms with Gasteiger partial charge in [-0.2, -0.15) is 0 Å². The molecule has 0 fully saturated rings. The van der Waals surface area contributed by atoms with Crippen LogP contribution in [0.2, 0.25) is 0 Å². The normalized spacial score (nSPS) is 9.94. The summed E-state index contributed by atoms with van der Waals surface area (Å²) in [4.78, 5) is 7.87. The maximum absolute atomic E-state index is 12.6. The second-order valence-corrected chi connectivity index (χ2v) is 3.47. The van der Waals surface area contributed by atoms with Gasteiger partial charge in [-0.1, -0.05) is 18.7 Å². The van der Waals surface area contributed by atoms with Gasteiger partial charge in [0.15, 0.2) is 0 Å². The molecule has 0 saturated carbocycles. The lowest BCUT2D eigenvalue weighted by Gasteiger charge is -2.04. The maximum atomic E-state index is 12.6. The molecule has 4 heteroatoms. The van der Waals surface area contributed by atoms with Crippen molar-refractivity contribution in [2.24, 2.45) is 0 Å². The molecular formula is C13H11FN2O. The highest BCUT2D eigenvalue weighted by Crippen LogP contribution is 2.18. The van der Waals surface area contributed by atoms with Gasteiger partial charge in [0.1, 0.15) is 5.75 Å². The number of hydrogen-bond acceptors (Lipinski definition) is 3. The Morgan fingerprint density at radius 1 is 1.18 bits per heavy atom. The Kier molecular flexibility index (Phi) is 3.45. The third kappa shape index (κ3) is 3.38. The molecule has 0 aliphatic rings. The van der Waals surface area contributed by atoms with Crippen molar-refractivity contribution in [1.29, 1.82) is 0 Å². The van der Waals surface area contributed by atoms with Crippen molar-refractivity contribution in [1.82, 2.24) is 9.97 Å². The SMILES string of the molecule is C=C(F)Cc1ccc(Oc2ncccn2)cc1. The smallest absolute Gasteiger partial charge is 0.321 e. The second-order valence-electron chi connectivity index (χ2n) is 3.47. The van der Waals surface area contributed by atoms with E-state index in [0.717, 1.165) is 5.56 Å². The molecule has 86 valence electrons. The Morgan fingerprint density at radius 2 is 1.82 bits per heavy atom. The van der Waals surface area contributed by atoms with Gasteiger partial charge < -0.3 is 4.74 Å². The summed E-state index contributed by atoms with van der Waals surface area (Å²) >= 11 is 0. The average molecular weight is 230 g/mol. The van der Waals surface area contributed by atoms with E-state index in [1.165, 1.54) is 0 Å². The minimum absolute atomic E-state index is 0.224. The van der Waals surface area contributed by atoms with Crippen LogP contribution in [0.1, 0.15) is 5.56 Å². The molecule has 0 N–H and O–H groups in total. The predicted molar refractivity (Wildman–Crippen MR) is 62.5 cm³/mol. The van der Waals surface area contributed by atoms with Gasteiger partial charge in [0.05, 0.1) is 5.83 Å². The molecule has 17 heavy (non-hydrogen) atoms. The Balaban J connectivity index is 2.06. The summed E-state index contributed by atoms with van der Waals surface area (Å²) in [5.74, 6) is 0.259. The van der Waals surface area contributed by atoms with Gasteiger partial charge in [0.25, 0.3) is 0 Å². The zero-order chi connectivity index (χ0) is 12.1. The first-order valence-electron chi connectivity index (χ1n) is 5.11. The lowest BCUT2D eigenvalue weighted by Crippen LogP contribution is -1.91. The molecular weight excluding hydrogens is 219 g/mol. The van der Waals surface area contributed by atoms with Gasteiger partial charge in [0.2, 0.25) is 0 Å². The van der Waals surface area contributed by atoms with Crippen LogP contribution >= 0.6 is 0 Å². The fraction of sp³-hybridized carbons (Fsp3) is 0.0769. The van der Waals surface area contributed by atoms with Crippen molar-refractivity contribution in [3.8, 4) is 11.8 Å². The van der Waals surface area contributed by atoms with Crippen molar-refractivity contribution in [2.75, 3.05) is 0 Å². The van der Waals surface area contributed by atoms with E-state index in [4.69, 9.17) is 4.74 Å². The largest absolute Gasteiger partial charge is 0.424 e. The Hall–Kier alpha value is -2.23. The average Bonchev–Trinajstić information content (AvgIpc) is 2.32. The van der Waals surface area contributed by atoms with Crippen molar-refractivity contribution in [2.45, 2.75) is 6.42 Å². The summed E-state index contributed by atoms with van der Waals surface area (Å²) < 4.78 is 18.0. The van der Waals surface area contributed by atoms with E-state index in [1.807, 2.05) is 0 Å². The van der Waals surface area contributed by atoms with Crippen LogP contribution in [0.25, 0.3) is 0 Å². The highest BCUT2D eigenvalue weighted by Gasteiger charge is 2.00. The summed E-state index contributed by atoms with van der Waals surface area (Å²) in [6, 6.07) is 9.05. The van der Waals surface area contributed by atoms with Gasteiger partial charge >= 0.3 is 6.01 Å². The topological polar surface area (TPSA) is 35.0 Å². The van der Waals surface area contributed by atoms with Crippen LogP contribution in [0.4, 0.5) is 4.39 Å². The molecule has 0 saturated heterocycles. The van der Waals surface area contributed by atoms with Crippen LogP contribution in [0.3, 0.4) is 0 Å². The highest BCUT2D eigenvalue weighted by atomic mass is 19.1. The molecule has 0 radical (unpaired) electrons. The van der Waals surface area contributed by atoms with Crippen LogP contribution in [0.5, 0.6) is 11.8 Å². The van der Waals surface area contributed by atoms with Crippen molar-refractivity contribution in [3.63, 3.8) is 0 Å². The minimum Gasteiger partial charge on any atom is -0.424 e. The number of halogens is 1. The zero-order valence-corrected chi connectivity index (χ0v) is 9.14. The highest BCUT2D eigenvalue weighted by molar-refractivity contribution is 5.30. The third-order valence-corrected chi connectivity index (χ3v) is 2.07. The van der Waals surface area contributed by atoms with Gasteiger partial charge in [0, 0.05) is 18.8 Å². The third-order valence-electron chi connectivity index (χ3n) is 2.07. The molecule has 0 aliphatic carbocycles. The lowest BCUT2D eigenvalue weighted by molar-refractivity contribution is 0.441. The van der Waals surface area contributed by atoms with Crippen LogP contribution in [0.15, 0.2) is 55.1 Å².